The maximum atomic E-state index is 5.39. The van der Waals surface area contributed by atoms with Crippen LogP contribution in [0.4, 0.5) is 5.69 Å². The summed E-state index contributed by atoms with van der Waals surface area (Å²) in [6, 6.07) is 8.23. The topological polar surface area (TPSA) is 24.9 Å². The van der Waals surface area contributed by atoms with Crippen LogP contribution in [0.15, 0.2) is 48.1 Å². The maximum Gasteiger partial charge on any atom is 0.0913 e. The SMILES string of the molecule is C=C1C(Nc2ccc(C)cc2)=CC(=S)c2scnc21. The normalized spacial score (nSPS) is 14.1. The fourth-order valence-corrected chi connectivity index (χ4v) is 3.04. The van der Waals surface area contributed by atoms with Crippen LogP contribution in [0.3, 0.4) is 0 Å². The lowest BCUT2D eigenvalue weighted by molar-refractivity contribution is 1.32. The molecule has 0 amide bonds. The van der Waals surface area contributed by atoms with Gasteiger partial charge in [-0.1, -0.05) is 36.5 Å². The lowest BCUT2D eigenvalue weighted by Gasteiger charge is -2.18. The molecule has 0 atom stereocenters. The van der Waals surface area contributed by atoms with E-state index in [0.717, 1.165) is 32.4 Å². The molecule has 94 valence electrons. The van der Waals surface area contributed by atoms with Crippen molar-refractivity contribution < 1.29 is 0 Å². The number of fused-ring (bicyclic) bond motifs is 1. The second-order valence-electron chi connectivity index (χ2n) is 4.42. The molecule has 1 aliphatic carbocycles. The van der Waals surface area contributed by atoms with Gasteiger partial charge in [-0.25, -0.2) is 4.98 Å². The minimum atomic E-state index is 0.819. The molecule has 0 spiro atoms. The summed E-state index contributed by atoms with van der Waals surface area (Å²) < 4.78 is 0. The summed E-state index contributed by atoms with van der Waals surface area (Å²) in [7, 11) is 0. The lowest BCUT2D eigenvalue weighted by Crippen LogP contribution is -2.11. The van der Waals surface area contributed by atoms with Gasteiger partial charge in [-0.3, -0.25) is 0 Å². The van der Waals surface area contributed by atoms with E-state index in [9.17, 15) is 0 Å². The fraction of sp³-hybridized carbons (Fsp3) is 0.0667. The first-order valence-electron chi connectivity index (χ1n) is 5.88. The molecule has 0 bridgehead atoms. The Kier molecular flexibility index (Phi) is 3.05. The molecule has 19 heavy (non-hydrogen) atoms. The number of hydrogen-bond acceptors (Lipinski definition) is 4. The van der Waals surface area contributed by atoms with Crippen molar-refractivity contribution in [3.63, 3.8) is 0 Å². The standard InChI is InChI=1S/C15H12N2S2/c1-9-3-5-11(6-4-9)17-12-7-13(18)15-14(10(12)2)16-8-19-15/h3-8,17H,2H2,1H3. The number of aromatic nitrogens is 1. The van der Waals surface area contributed by atoms with Gasteiger partial charge in [0.25, 0.3) is 0 Å². The van der Waals surface area contributed by atoms with Crippen LogP contribution in [0.2, 0.25) is 0 Å². The molecule has 0 unspecified atom stereocenters. The maximum absolute atomic E-state index is 5.39. The van der Waals surface area contributed by atoms with Crippen LogP contribution in [0.25, 0.3) is 5.57 Å². The van der Waals surface area contributed by atoms with Gasteiger partial charge in [-0.15, -0.1) is 11.3 Å². The molecule has 0 aliphatic heterocycles. The number of nitrogens with zero attached hydrogens (tertiary/aromatic N) is 1. The summed E-state index contributed by atoms with van der Waals surface area (Å²) in [5.41, 5.74) is 6.79. The molecule has 0 radical (unpaired) electrons. The van der Waals surface area contributed by atoms with Gasteiger partial charge in [0.1, 0.15) is 0 Å². The Morgan fingerprint density at radius 1 is 1.26 bits per heavy atom. The summed E-state index contributed by atoms with van der Waals surface area (Å²) in [5, 5.41) is 3.36. The highest BCUT2D eigenvalue weighted by Gasteiger charge is 2.21. The summed E-state index contributed by atoms with van der Waals surface area (Å²) in [4.78, 5) is 6.20. The van der Waals surface area contributed by atoms with Gasteiger partial charge in [-0.2, -0.15) is 0 Å². The van der Waals surface area contributed by atoms with Crippen LogP contribution in [0.1, 0.15) is 16.1 Å². The molecule has 1 heterocycles. The van der Waals surface area contributed by atoms with Crippen LogP contribution in [-0.4, -0.2) is 9.85 Å². The molecule has 0 saturated carbocycles. The third kappa shape index (κ3) is 2.25. The van der Waals surface area contributed by atoms with Crippen molar-refractivity contribution in [2.75, 3.05) is 5.32 Å². The smallest absolute Gasteiger partial charge is 0.0913 e. The third-order valence-electron chi connectivity index (χ3n) is 3.01. The summed E-state index contributed by atoms with van der Waals surface area (Å²) in [6.07, 6.45) is 1.96. The van der Waals surface area contributed by atoms with E-state index >= 15 is 0 Å². The molecule has 1 aliphatic rings. The summed E-state index contributed by atoms with van der Waals surface area (Å²) >= 11 is 6.96. The van der Waals surface area contributed by atoms with Crippen LogP contribution < -0.4 is 5.32 Å². The first kappa shape index (κ1) is 12.3. The predicted octanol–water partition coefficient (Wildman–Crippen LogP) is 4.19. The molecule has 1 N–H and O–H groups in total. The highest BCUT2D eigenvalue weighted by atomic mass is 32.1. The first-order valence-corrected chi connectivity index (χ1v) is 7.17. The second-order valence-corrected chi connectivity index (χ2v) is 5.72. The highest BCUT2D eigenvalue weighted by molar-refractivity contribution is 7.81. The quantitative estimate of drug-likeness (QED) is 0.837. The summed E-state index contributed by atoms with van der Waals surface area (Å²) in [6.45, 7) is 6.18. The van der Waals surface area contributed by atoms with E-state index in [1.165, 1.54) is 5.56 Å². The van der Waals surface area contributed by atoms with E-state index in [0.29, 0.717) is 0 Å². The molecule has 2 aromatic rings. The van der Waals surface area contributed by atoms with Gasteiger partial charge in [-0.05, 0) is 25.1 Å². The molecular weight excluding hydrogens is 272 g/mol. The number of hydrogen-bond donors (Lipinski definition) is 1. The molecule has 1 aromatic heterocycles. The highest BCUT2D eigenvalue weighted by Crippen LogP contribution is 2.32. The molecule has 0 fully saturated rings. The number of allylic oxidation sites excluding steroid dienone is 2. The number of rotatable bonds is 2. The van der Waals surface area contributed by atoms with Crippen molar-refractivity contribution in [2.45, 2.75) is 6.92 Å². The van der Waals surface area contributed by atoms with Crippen molar-refractivity contribution in [2.24, 2.45) is 0 Å². The van der Waals surface area contributed by atoms with Gasteiger partial charge in [0.05, 0.1) is 20.9 Å². The van der Waals surface area contributed by atoms with Crippen molar-refractivity contribution in [1.29, 1.82) is 0 Å². The summed E-state index contributed by atoms with van der Waals surface area (Å²) in [5.74, 6) is 0. The van der Waals surface area contributed by atoms with E-state index < -0.39 is 0 Å². The number of thiocarbonyl (C=S) groups is 1. The van der Waals surface area contributed by atoms with Gasteiger partial charge in [0.15, 0.2) is 0 Å². The average molecular weight is 284 g/mol. The monoisotopic (exact) mass is 284 g/mol. The molecule has 3 rings (SSSR count). The molecule has 2 nitrogen and oxygen atoms in total. The Bertz CT molecular complexity index is 693. The lowest BCUT2D eigenvalue weighted by atomic mass is 10.0. The zero-order chi connectivity index (χ0) is 13.4. The molecule has 0 saturated heterocycles. The molecule has 4 heteroatoms. The first-order chi connectivity index (χ1) is 9.15. The number of thiazole rings is 1. The van der Waals surface area contributed by atoms with Crippen LogP contribution in [0.5, 0.6) is 0 Å². The van der Waals surface area contributed by atoms with Crippen molar-refractivity contribution in [3.8, 4) is 0 Å². The number of nitrogens with one attached hydrogen (secondary N) is 1. The van der Waals surface area contributed by atoms with Crippen molar-refractivity contribution >= 4 is 39.7 Å². The minimum absolute atomic E-state index is 0.819. The molecular formula is C15H12N2S2. The van der Waals surface area contributed by atoms with Crippen molar-refractivity contribution in [3.05, 3.63) is 64.3 Å². The molecule has 1 aromatic carbocycles. The Morgan fingerprint density at radius 2 is 2.00 bits per heavy atom. The van der Waals surface area contributed by atoms with Crippen molar-refractivity contribution in [1.82, 2.24) is 4.98 Å². The van der Waals surface area contributed by atoms with Gasteiger partial charge in [0.2, 0.25) is 0 Å². The number of aryl methyl sites for hydroxylation is 1. The van der Waals surface area contributed by atoms with E-state index in [2.05, 4.69) is 35.9 Å². The van der Waals surface area contributed by atoms with Gasteiger partial charge >= 0.3 is 0 Å². The van der Waals surface area contributed by atoms with Crippen LogP contribution in [-0.2, 0) is 0 Å². The number of anilines is 1. The fourth-order valence-electron chi connectivity index (χ4n) is 1.95. The van der Waals surface area contributed by atoms with E-state index in [1.54, 1.807) is 11.3 Å². The van der Waals surface area contributed by atoms with Crippen LogP contribution in [0, 0.1) is 6.92 Å². The van der Waals surface area contributed by atoms with E-state index in [4.69, 9.17) is 12.2 Å². The van der Waals surface area contributed by atoms with E-state index in [-0.39, 0.29) is 0 Å². The zero-order valence-corrected chi connectivity index (χ0v) is 12.1. The average Bonchev–Trinajstić information content (AvgIpc) is 2.88. The Hall–Kier alpha value is -1.78. The predicted molar refractivity (Wildman–Crippen MR) is 85.7 cm³/mol. The number of benzene rings is 1. The second kappa shape index (κ2) is 4.72. The van der Waals surface area contributed by atoms with Crippen LogP contribution >= 0.6 is 23.6 Å². The Labute approximate surface area is 121 Å². The third-order valence-corrected chi connectivity index (χ3v) is 4.32. The largest absolute Gasteiger partial charge is 0.355 e. The minimum Gasteiger partial charge on any atom is -0.355 e. The van der Waals surface area contributed by atoms with E-state index in [1.807, 2.05) is 23.7 Å². The Balaban J connectivity index is 1.92. The van der Waals surface area contributed by atoms with Gasteiger partial charge in [0, 0.05) is 17.0 Å². The Morgan fingerprint density at radius 3 is 2.74 bits per heavy atom. The van der Waals surface area contributed by atoms with Gasteiger partial charge < -0.3 is 5.32 Å². The zero-order valence-electron chi connectivity index (χ0n) is 10.4.